The van der Waals surface area contributed by atoms with Gasteiger partial charge in [0.05, 0.1) is 6.42 Å². The number of hydrogen-bond donors (Lipinski definition) is 3. The Morgan fingerprint density at radius 3 is 2.26 bits per heavy atom. The third kappa shape index (κ3) is 6.36. The van der Waals surface area contributed by atoms with E-state index in [1.165, 1.54) is 0 Å². The minimum Gasteiger partial charge on any atom is -0.481 e. The number of benzene rings is 2. The van der Waals surface area contributed by atoms with E-state index in [1.807, 2.05) is 30.5 Å². The number of carbonyl (C=O) groups is 3. The highest BCUT2D eigenvalue weighted by Gasteiger charge is 2.34. The van der Waals surface area contributed by atoms with E-state index in [1.54, 1.807) is 11.8 Å². The molecule has 0 spiro atoms. The number of carboxylic acid groups (broad SMARTS) is 1. The Hall–Kier alpha value is -3.00. The predicted molar refractivity (Wildman–Crippen MR) is 136 cm³/mol. The highest BCUT2D eigenvalue weighted by atomic mass is 32.2. The molecule has 35 heavy (non-hydrogen) atoms. The fraction of sp³-hybridized carbons (Fsp3) is 0.444. The van der Waals surface area contributed by atoms with E-state index in [9.17, 15) is 14.4 Å². The summed E-state index contributed by atoms with van der Waals surface area (Å²) in [4.78, 5) is 36.7. The summed E-state index contributed by atoms with van der Waals surface area (Å²) >= 11 is 1.59. The highest BCUT2D eigenvalue weighted by molar-refractivity contribution is 7.98. The second-order valence-electron chi connectivity index (χ2n) is 9.24. The Labute approximate surface area is 210 Å². The van der Waals surface area contributed by atoms with Crippen molar-refractivity contribution in [3.05, 3.63) is 59.7 Å². The predicted octanol–water partition coefficient (Wildman–Crippen LogP) is 4.26. The van der Waals surface area contributed by atoms with Crippen molar-refractivity contribution >= 4 is 29.7 Å². The summed E-state index contributed by atoms with van der Waals surface area (Å²) < 4.78 is 5.61. The molecule has 1 fully saturated rings. The zero-order valence-corrected chi connectivity index (χ0v) is 20.7. The third-order valence-corrected chi connectivity index (χ3v) is 7.47. The van der Waals surface area contributed by atoms with Crippen molar-refractivity contribution in [2.24, 2.45) is 11.8 Å². The zero-order chi connectivity index (χ0) is 24.8. The Bertz CT molecular complexity index is 1030. The maximum absolute atomic E-state index is 12.9. The number of thioether (sulfide) groups is 1. The molecule has 4 rings (SSSR count). The maximum Gasteiger partial charge on any atom is 0.407 e. The molecule has 8 heteroatoms. The molecule has 2 aliphatic rings. The second kappa shape index (κ2) is 11.6. The molecule has 0 aromatic heterocycles. The monoisotopic (exact) mass is 496 g/mol. The molecule has 0 heterocycles. The van der Waals surface area contributed by atoms with Crippen molar-refractivity contribution in [1.29, 1.82) is 0 Å². The average Bonchev–Trinajstić information content (AvgIpc) is 3.65. The third-order valence-electron chi connectivity index (χ3n) is 6.83. The van der Waals surface area contributed by atoms with Crippen LogP contribution in [0.15, 0.2) is 48.5 Å². The smallest absolute Gasteiger partial charge is 0.407 e. The first kappa shape index (κ1) is 25.1. The number of carboxylic acids is 1. The van der Waals surface area contributed by atoms with Crippen molar-refractivity contribution in [2.45, 2.75) is 37.6 Å². The van der Waals surface area contributed by atoms with Crippen molar-refractivity contribution < 1.29 is 24.2 Å². The van der Waals surface area contributed by atoms with E-state index >= 15 is 0 Å². The van der Waals surface area contributed by atoms with Crippen LogP contribution < -0.4 is 10.6 Å². The van der Waals surface area contributed by atoms with E-state index in [4.69, 9.17) is 9.84 Å². The van der Waals surface area contributed by atoms with Gasteiger partial charge in [0.25, 0.3) is 0 Å². The summed E-state index contributed by atoms with van der Waals surface area (Å²) in [7, 11) is 0. The highest BCUT2D eigenvalue weighted by Crippen LogP contribution is 2.44. The standard InChI is InChI=1S/C27H32N2O5S/c1-35-13-12-24(26(32)28-15-18(14-25(30)31)17-10-11-17)29-27(33)34-16-23-21-8-4-2-6-19(21)20-7-3-5-9-22(20)23/h2-9,17-18,23-24H,10-16H2,1H3,(H,28,32)(H,29,33)(H,30,31). The van der Waals surface area contributed by atoms with Crippen LogP contribution in [0.5, 0.6) is 0 Å². The van der Waals surface area contributed by atoms with Crippen LogP contribution in [-0.2, 0) is 14.3 Å². The molecule has 2 atom stereocenters. The number of alkyl carbamates (subject to hydrolysis) is 1. The molecule has 2 aliphatic carbocycles. The van der Waals surface area contributed by atoms with Gasteiger partial charge in [-0.2, -0.15) is 11.8 Å². The van der Waals surface area contributed by atoms with Gasteiger partial charge >= 0.3 is 12.1 Å². The summed E-state index contributed by atoms with van der Waals surface area (Å²) in [5.74, 6) is -0.237. The van der Waals surface area contributed by atoms with Gasteiger partial charge < -0.3 is 20.5 Å². The number of nitrogens with one attached hydrogen (secondary N) is 2. The Kier molecular flexibility index (Phi) is 8.33. The minimum absolute atomic E-state index is 0.0419. The number of fused-ring (bicyclic) bond motifs is 3. The van der Waals surface area contributed by atoms with Crippen molar-refractivity contribution in [2.75, 3.05) is 25.2 Å². The number of aliphatic carboxylic acids is 1. The Morgan fingerprint density at radius 2 is 1.69 bits per heavy atom. The quantitative estimate of drug-likeness (QED) is 0.406. The molecule has 2 aromatic rings. The van der Waals surface area contributed by atoms with Crippen LogP contribution in [0.3, 0.4) is 0 Å². The van der Waals surface area contributed by atoms with Crippen LogP contribution in [0.4, 0.5) is 4.79 Å². The lowest BCUT2D eigenvalue weighted by Crippen LogP contribution is -2.48. The first-order valence-electron chi connectivity index (χ1n) is 12.1. The maximum atomic E-state index is 12.9. The van der Waals surface area contributed by atoms with E-state index in [2.05, 4.69) is 34.9 Å². The van der Waals surface area contributed by atoms with Crippen molar-refractivity contribution in [3.63, 3.8) is 0 Å². The van der Waals surface area contributed by atoms with Gasteiger partial charge in [0.2, 0.25) is 5.91 Å². The van der Waals surface area contributed by atoms with Crippen LogP contribution in [0.25, 0.3) is 11.1 Å². The van der Waals surface area contributed by atoms with Crippen LogP contribution in [-0.4, -0.2) is 54.3 Å². The molecule has 2 aromatic carbocycles. The van der Waals surface area contributed by atoms with Crippen LogP contribution in [0, 0.1) is 11.8 Å². The van der Waals surface area contributed by atoms with Crippen LogP contribution >= 0.6 is 11.8 Å². The fourth-order valence-electron chi connectivity index (χ4n) is 4.84. The molecule has 3 N–H and O–H groups in total. The molecule has 0 aliphatic heterocycles. The Balaban J connectivity index is 1.34. The number of hydrogen-bond acceptors (Lipinski definition) is 5. The van der Waals surface area contributed by atoms with Gasteiger partial charge in [0.1, 0.15) is 12.6 Å². The molecular weight excluding hydrogens is 464 g/mol. The summed E-state index contributed by atoms with van der Waals surface area (Å²) in [6.45, 7) is 0.483. The first-order chi connectivity index (χ1) is 17.0. The average molecular weight is 497 g/mol. The molecule has 2 unspecified atom stereocenters. The molecular formula is C27H32N2O5S. The van der Waals surface area contributed by atoms with Crippen molar-refractivity contribution in [1.82, 2.24) is 10.6 Å². The second-order valence-corrected chi connectivity index (χ2v) is 10.2. The topological polar surface area (TPSA) is 105 Å². The summed E-state index contributed by atoms with van der Waals surface area (Å²) in [5, 5.41) is 14.7. The summed E-state index contributed by atoms with van der Waals surface area (Å²) in [6, 6.07) is 15.5. The largest absolute Gasteiger partial charge is 0.481 e. The van der Waals surface area contributed by atoms with Gasteiger partial charge in [-0.1, -0.05) is 48.5 Å². The first-order valence-corrected chi connectivity index (χ1v) is 13.5. The molecule has 2 amide bonds. The fourth-order valence-corrected chi connectivity index (χ4v) is 5.31. The molecule has 186 valence electrons. The van der Waals surface area contributed by atoms with E-state index in [-0.39, 0.29) is 30.8 Å². The van der Waals surface area contributed by atoms with Crippen molar-refractivity contribution in [3.8, 4) is 11.1 Å². The number of carbonyl (C=O) groups excluding carboxylic acids is 2. The lowest BCUT2D eigenvalue weighted by molar-refractivity contribution is -0.138. The van der Waals surface area contributed by atoms with Crippen LogP contribution in [0.1, 0.15) is 42.7 Å². The number of ether oxygens (including phenoxy) is 1. The molecule has 7 nitrogen and oxygen atoms in total. The molecule has 0 saturated heterocycles. The number of amides is 2. The van der Waals surface area contributed by atoms with Gasteiger partial charge in [-0.25, -0.2) is 4.79 Å². The summed E-state index contributed by atoms with van der Waals surface area (Å²) in [6.07, 6.45) is 3.82. The molecule has 0 radical (unpaired) electrons. The summed E-state index contributed by atoms with van der Waals surface area (Å²) in [5.41, 5.74) is 4.56. The normalized spacial score (nSPS) is 16.0. The number of rotatable bonds is 12. The van der Waals surface area contributed by atoms with E-state index in [0.717, 1.165) is 35.1 Å². The lowest BCUT2D eigenvalue weighted by Gasteiger charge is -2.21. The van der Waals surface area contributed by atoms with Gasteiger partial charge in [-0.3, -0.25) is 9.59 Å². The lowest BCUT2D eigenvalue weighted by atomic mass is 9.98. The SMILES string of the molecule is CSCCC(NC(=O)OCC1c2ccccc2-c2ccccc21)C(=O)NCC(CC(=O)O)C1CC1. The molecule has 0 bridgehead atoms. The Morgan fingerprint density at radius 1 is 1.06 bits per heavy atom. The van der Waals surface area contributed by atoms with Gasteiger partial charge in [-0.15, -0.1) is 0 Å². The molecule has 1 saturated carbocycles. The van der Waals surface area contributed by atoms with Crippen LogP contribution in [0.2, 0.25) is 0 Å². The van der Waals surface area contributed by atoms with E-state index in [0.29, 0.717) is 24.6 Å². The van der Waals surface area contributed by atoms with E-state index < -0.39 is 18.1 Å². The zero-order valence-electron chi connectivity index (χ0n) is 19.9. The van der Waals surface area contributed by atoms with Gasteiger partial charge in [0.15, 0.2) is 0 Å². The minimum atomic E-state index is -0.855. The van der Waals surface area contributed by atoms with Gasteiger partial charge in [-0.05, 0) is 65.4 Å². The van der Waals surface area contributed by atoms with Gasteiger partial charge in [0, 0.05) is 12.5 Å².